The van der Waals surface area contributed by atoms with Crippen molar-refractivity contribution in [3.63, 3.8) is 0 Å². The zero-order valence-corrected chi connectivity index (χ0v) is 9.89. The van der Waals surface area contributed by atoms with E-state index in [9.17, 15) is 18.0 Å². The third-order valence-corrected chi connectivity index (χ3v) is 2.15. The number of carboxylic acid groups (broad SMARTS) is 1. The van der Waals surface area contributed by atoms with Gasteiger partial charge in [-0.25, -0.2) is 4.79 Å². The maximum absolute atomic E-state index is 12.4. The molecule has 1 aromatic carbocycles. The van der Waals surface area contributed by atoms with Gasteiger partial charge in [-0.2, -0.15) is 13.2 Å². The molecule has 0 radical (unpaired) electrons. The van der Waals surface area contributed by atoms with Gasteiger partial charge in [0.1, 0.15) is 0 Å². The average Bonchev–Trinajstić information content (AvgIpc) is 2.24. The molecule has 0 bridgehead atoms. The number of rotatable bonds is 1. The lowest BCUT2D eigenvalue weighted by Gasteiger charge is -2.08. The van der Waals surface area contributed by atoms with Crippen LogP contribution in [0.3, 0.4) is 0 Å². The summed E-state index contributed by atoms with van der Waals surface area (Å²) < 4.78 is 37.1. The van der Waals surface area contributed by atoms with Crippen LogP contribution in [-0.4, -0.2) is 16.4 Å². The number of hydrogen-bond acceptors (Lipinski definition) is 1. The molecule has 90 valence electrons. The average molecular weight is 307 g/mol. The van der Waals surface area contributed by atoms with Gasteiger partial charge in [0.25, 0.3) is 0 Å². The SMILES string of the molecule is O=C(O)c1cc(C(F)(F)F)ccc1C#CCBr. The summed E-state index contributed by atoms with van der Waals surface area (Å²) in [6, 6.07) is 2.45. The molecular weight excluding hydrogens is 301 g/mol. The first-order chi connectivity index (χ1) is 7.86. The fraction of sp³-hybridized carbons (Fsp3) is 0.182. The molecule has 1 N–H and O–H groups in total. The lowest BCUT2D eigenvalue weighted by Crippen LogP contribution is -2.08. The molecule has 0 fully saturated rings. The third-order valence-electron chi connectivity index (χ3n) is 1.87. The van der Waals surface area contributed by atoms with Gasteiger partial charge in [-0.05, 0) is 18.2 Å². The van der Waals surface area contributed by atoms with Crippen molar-refractivity contribution in [1.82, 2.24) is 0 Å². The van der Waals surface area contributed by atoms with Crippen molar-refractivity contribution < 1.29 is 23.1 Å². The first kappa shape index (κ1) is 13.6. The van der Waals surface area contributed by atoms with E-state index in [1.807, 2.05) is 0 Å². The van der Waals surface area contributed by atoms with E-state index in [1.54, 1.807) is 0 Å². The van der Waals surface area contributed by atoms with Crippen LogP contribution >= 0.6 is 15.9 Å². The Balaban J connectivity index is 3.32. The highest BCUT2D eigenvalue weighted by Gasteiger charge is 2.31. The van der Waals surface area contributed by atoms with Crippen LogP contribution in [0, 0.1) is 11.8 Å². The zero-order valence-electron chi connectivity index (χ0n) is 8.31. The van der Waals surface area contributed by atoms with Gasteiger partial charge in [0.05, 0.1) is 16.5 Å². The number of halogens is 4. The van der Waals surface area contributed by atoms with Gasteiger partial charge in [-0.15, -0.1) is 0 Å². The van der Waals surface area contributed by atoms with Crippen molar-refractivity contribution >= 4 is 21.9 Å². The van der Waals surface area contributed by atoms with Crippen molar-refractivity contribution in [2.24, 2.45) is 0 Å². The molecule has 0 aliphatic heterocycles. The normalized spacial score (nSPS) is 10.6. The third kappa shape index (κ3) is 3.49. The van der Waals surface area contributed by atoms with Crippen LogP contribution in [0.2, 0.25) is 0 Å². The predicted molar refractivity (Wildman–Crippen MR) is 59.1 cm³/mol. The Hall–Kier alpha value is -1.48. The second-order valence-electron chi connectivity index (χ2n) is 3.00. The number of alkyl halides is 4. The standard InChI is InChI=1S/C11H6BrF3O2/c12-5-1-2-7-3-4-8(11(13,14)15)6-9(7)10(16)17/h3-4,6H,5H2,(H,16,17). The summed E-state index contributed by atoms with van der Waals surface area (Å²) >= 11 is 3.01. The number of benzene rings is 1. The number of carboxylic acids is 1. The summed E-state index contributed by atoms with van der Waals surface area (Å²) in [6.07, 6.45) is -4.56. The first-order valence-electron chi connectivity index (χ1n) is 4.35. The van der Waals surface area contributed by atoms with E-state index in [2.05, 4.69) is 27.8 Å². The molecule has 0 aliphatic carbocycles. The Bertz CT molecular complexity index is 498. The molecule has 0 atom stereocenters. The Labute approximate surface area is 104 Å². The number of hydrogen-bond donors (Lipinski definition) is 1. The molecule has 1 rings (SSSR count). The van der Waals surface area contributed by atoms with Crippen LogP contribution < -0.4 is 0 Å². The highest BCUT2D eigenvalue weighted by Crippen LogP contribution is 2.30. The summed E-state index contributed by atoms with van der Waals surface area (Å²) in [6.45, 7) is 0. The molecule has 1 aromatic rings. The van der Waals surface area contributed by atoms with Gasteiger partial charge in [-0.3, -0.25) is 0 Å². The maximum Gasteiger partial charge on any atom is 0.416 e. The zero-order chi connectivity index (χ0) is 13.1. The van der Waals surface area contributed by atoms with Crippen LogP contribution in [0.25, 0.3) is 0 Å². The van der Waals surface area contributed by atoms with Gasteiger partial charge in [0, 0.05) is 5.56 Å². The van der Waals surface area contributed by atoms with E-state index < -0.39 is 23.3 Å². The smallest absolute Gasteiger partial charge is 0.416 e. The largest absolute Gasteiger partial charge is 0.478 e. The summed E-state index contributed by atoms with van der Waals surface area (Å²) in [5.41, 5.74) is -1.39. The van der Waals surface area contributed by atoms with Crippen molar-refractivity contribution in [3.8, 4) is 11.8 Å². The van der Waals surface area contributed by atoms with Crippen LogP contribution in [0.5, 0.6) is 0 Å². The van der Waals surface area contributed by atoms with Gasteiger partial charge >= 0.3 is 12.1 Å². The minimum absolute atomic E-state index is 0.0601. The van der Waals surface area contributed by atoms with E-state index in [1.165, 1.54) is 0 Å². The van der Waals surface area contributed by atoms with Crippen molar-refractivity contribution in [3.05, 3.63) is 34.9 Å². The summed E-state index contributed by atoms with van der Waals surface area (Å²) in [7, 11) is 0. The van der Waals surface area contributed by atoms with E-state index in [-0.39, 0.29) is 5.56 Å². The molecule has 0 aromatic heterocycles. The Kier molecular flexibility index (Phi) is 4.18. The molecule has 0 aliphatic rings. The van der Waals surface area contributed by atoms with E-state index in [0.717, 1.165) is 12.1 Å². The van der Waals surface area contributed by atoms with Gasteiger partial charge in [0.15, 0.2) is 0 Å². The molecule has 0 spiro atoms. The summed E-state index contributed by atoms with van der Waals surface area (Å²) in [4.78, 5) is 10.8. The fourth-order valence-electron chi connectivity index (χ4n) is 1.14. The molecule has 6 heteroatoms. The van der Waals surface area contributed by atoms with Crippen molar-refractivity contribution in [2.45, 2.75) is 6.18 Å². The Morgan fingerprint density at radius 3 is 2.53 bits per heavy atom. The first-order valence-corrected chi connectivity index (χ1v) is 5.47. The van der Waals surface area contributed by atoms with Crippen LogP contribution in [0.4, 0.5) is 13.2 Å². The van der Waals surface area contributed by atoms with Gasteiger partial charge in [-0.1, -0.05) is 27.8 Å². The lowest BCUT2D eigenvalue weighted by atomic mass is 10.0. The lowest BCUT2D eigenvalue weighted by molar-refractivity contribution is -0.137. The monoisotopic (exact) mass is 306 g/mol. The Morgan fingerprint density at radius 1 is 1.41 bits per heavy atom. The second kappa shape index (κ2) is 5.23. The number of aromatic carboxylic acids is 1. The van der Waals surface area contributed by atoms with E-state index in [0.29, 0.717) is 11.4 Å². The second-order valence-corrected chi connectivity index (χ2v) is 3.56. The molecule has 0 heterocycles. The van der Waals surface area contributed by atoms with E-state index >= 15 is 0 Å². The maximum atomic E-state index is 12.4. The molecule has 2 nitrogen and oxygen atoms in total. The minimum Gasteiger partial charge on any atom is -0.478 e. The highest BCUT2D eigenvalue weighted by molar-refractivity contribution is 9.09. The summed E-state index contributed by atoms with van der Waals surface area (Å²) in [5, 5.41) is 9.12. The minimum atomic E-state index is -4.56. The fourth-order valence-corrected chi connectivity index (χ4v) is 1.28. The van der Waals surface area contributed by atoms with Crippen LogP contribution in [0.15, 0.2) is 18.2 Å². The molecule has 0 saturated carbocycles. The molecule has 0 saturated heterocycles. The Morgan fingerprint density at radius 2 is 2.06 bits per heavy atom. The molecule has 0 unspecified atom stereocenters. The summed E-state index contributed by atoms with van der Waals surface area (Å²) in [5.74, 6) is 3.58. The highest BCUT2D eigenvalue weighted by atomic mass is 79.9. The van der Waals surface area contributed by atoms with Crippen LogP contribution in [-0.2, 0) is 6.18 Å². The number of carbonyl (C=O) groups is 1. The quantitative estimate of drug-likeness (QED) is 0.639. The molecular formula is C11H6BrF3O2. The topological polar surface area (TPSA) is 37.3 Å². The molecule has 0 amide bonds. The van der Waals surface area contributed by atoms with Gasteiger partial charge < -0.3 is 5.11 Å². The van der Waals surface area contributed by atoms with Crippen molar-refractivity contribution in [2.75, 3.05) is 5.33 Å². The molecule has 17 heavy (non-hydrogen) atoms. The van der Waals surface area contributed by atoms with Crippen molar-refractivity contribution in [1.29, 1.82) is 0 Å². The predicted octanol–water partition coefficient (Wildman–Crippen LogP) is 3.15. The van der Waals surface area contributed by atoms with Gasteiger partial charge in [0.2, 0.25) is 0 Å². The van der Waals surface area contributed by atoms with E-state index in [4.69, 9.17) is 5.11 Å². The van der Waals surface area contributed by atoms with Crippen LogP contribution in [0.1, 0.15) is 21.5 Å².